The minimum Gasteiger partial charge on any atom is -0.507 e. The molecule has 1 saturated carbocycles. The molecule has 2 aliphatic rings. The molecule has 0 heterocycles. The van der Waals surface area contributed by atoms with E-state index in [9.17, 15) is 10.2 Å². The van der Waals surface area contributed by atoms with Crippen molar-refractivity contribution in [3.8, 4) is 0 Å². The standard InChI is InChI=1S/C29H36O3/c1-15(2)23-21(11-10-17(4)26(23)30)27-28(8,29(27,31)32-9)25-20(7)14-19(6)24-18(5)12-16(3)13-22(24)25/h10-15,21,27,30-31H,4H2,1-3,5-9H3. The lowest BCUT2D eigenvalue weighted by molar-refractivity contribution is -0.129. The van der Waals surface area contributed by atoms with Crippen LogP contribution in [0.15, 0.2) is 53.8 Å². The van der Waals surface area contributed by atoms with Gasteiger partial charge in [-0.05, 0) is 79.1 Å². The fourth-order valence-corrected chi connectivity index (χ4v) is 6.63. The van der Waals surface area contributed by atoms with Gasteiger partial charge in [0, 0.05) is 24.5 Å². The maximum Gasteiger partial charge on any atom is 0.179 e. The molecule has 0 saturated heterocycles. The van der Waals surface area contributed by atoms with Crippen LogP contribution in [0.1, 0.15) is 48.6 Å². The van der Waals surface area contributed by atoms with E-state index in [4.69, 9.17) is 4.74 Å². The maximum absolute atomic E-state index is 11.9. The Bertz CT molecular complexity index is 1190. The number of hydrogen-bond acceptors (Lipinski definition) is 3. The first-order valence-electron chi connectivity index (χ1n) is 11.5. The van der Waals surface area contributed by atoms with Crippen LogP contribution < -0.4 is 0 Å². The number of fused-ring (bicyclic) bond motifs is 1. The predicted molar refractivity (Wildman–Crippen MR) is 132 cm³/mol. The van der Waals surface area contributed by atoms with Gasteiger partial charge in [0.2, 0.25) is 0 Å². The number of methoxy groups -OCH3 is 1. The van der Waals surface area contributed by atoms with Gasteiger partial charge in [-0.3, -0.25) is 0 Å². The number of benzene rings is 2. The molecule has 2 aromatic carbocycles. The molecule has 4 unspecified atom stereocenters. The van der Waals surface area contributed by atoms with Crippen molar-refractivity contribution < 1.29 is 14.9 Å². The number of aryl methyl sites for hydroxylation is 4. The molecule has 0 aliphatic heterocycles. The average Bonchev–Trinajstić information content (AvgIpc) is 3.18. The first-order valence-corrected chi connectivity index (χ1v) is 11.5. The second-order valence-corrected chi connectivity index (χ2v) is 10.3. The van der Waals surface area contributed by atoms with Gasteiger partial charge in [0.1, 0.15) is 5.76 Å². The molecule has 0 radical (unpaired) electrons. The molecule has 3 heteroatoms. The Morgan fingerprint density at radius 1 is 1.03 bits per heavy atom. The summed E-state index contributed by atoms with van der Waals surface area (Å²) in [5.74, 6) is -1.34. The Kier molecular flexibility index (Phi) is 5.23. The van der Waals surface area contributed by atoms with Crippen LogP contribution in [0, 0.1) is 45.4 Å². The van der Waals surface area contributed by atoms with Crippen LogP contribution in [-0.4, -0.2) is 23.1 Å². The third-order valence-corrected chi connectivity index (χ3v) is 7.93. The number of rotatable bonds is 4. The Balaban J connectivity index is 2.00. The molecule has 2 aliphatic carbocycles. The molecule has 32 heavy (non-hydrogen) atoms. The van der Waals surface area contributed by atoms with E-state index in [1.165, 1.54) is 27.5 Å². The van der Waals surface area contributed by atoms with Gasteiger partial charge in [-0.15, -0.1) is 0 Å². The van der Waals surface area contributed by atoms with Gasteiger partial charge < -0.3 is 14.9 Å². The van der Waals surface area contributed by atoms with Crippen molar-refractivity contribution in [1.82, 2.24) is 0 Å². The lowest BCUT2D eigenvalue weighted by atomic mass is 9.76. The molecule has 0 bridgehead atoms. The number of hydrogen-bond donors (Lipinski definition) is 2. The minimum absolute atomic E-state index is 0.119. The van der Waals surface area contributed by atoms with Crippen LogP contribution in [0.2, 0.25) is 0 Å². The Labute approximate surface area is 192 Å². The SMILES string of the molecule is C=C1C=CC(C2C(O)(OC)C2(C)c2c(C)cc(C)c3c(C)cc(C)cc23)C(C(C)C)=C1O. The van der Waals surface area contributed by atoms with E-state index in [-0.39, 0.29) is 23.5 Å². The summed E-state index contributed by atoms with van der Waals surface area (Å²) in [5, 5.41) is 25.2. The van der Waals surface area contributed by atoms with Gasteiger partial charge in [0.05, 0.1) is 5.41 Å². The quantitative estimate of drug-likeness (QED) is 0.542. The molecule has 2 N–H and O–H groups in total. The van der Waals surface area contributed by atoms with Crippen molar-refractivity contribution >= 4 is 10.8 Å². The molecule has 4 rings (SSSR count). The van der Waals surface area contributed by atoms with Crippen LogP contribution in [0.3, 0.4) is 0 Å². The first-order chi connectivity index (χ1) is 14.9. The number of ether oxygens (including phenoxy) is 1. The topological polar surface area (TPSA) is 49.7 Å². The Morgan fingerprint density at radius 3 is 2.25 bits per heavy atom. The Hall–Kier alpha value is -2.36. The highest BCUT2D eigenvalue weighted by molar-refractivity contribution is 5.94. The second-order valence-electron chi connectivity index (χ2n) is 10.3. The molecule has 4 atom stereocenters. The largest absolute Gasteiger partial charge is 0.507 e. The summed E-state index contributed by atoms with van der Waals surface area (Å²) in [5.41, 5.74) is 6.90. The smallest absolute Gasteiger partial charge is 0.179 e. The van der Waals surface area contributed by atoms with Crippen molar-refractivity contribution in [3.63, 3.8) is 0 Å². The van der Waals surface area contributed by atoms with Crippen LogP contribution in [0.25, 0.3) is 10.8 Å². The highest BCUT2D eigenvalue weighted by Crippen LogP contribution is 2.69. The highest BCUT2D eigenvalue weighted by Gasteiger charge is 2.78. The summed E-state index contributed by atoms with van der Waals surface area (Å²) in [7, 11) is 1.59. The molecule has 0 amide bonds. The molecular formula is C29H36O3. The monoisotopic (exact) mass is 432 g/mol. The van der Waals surface area contributed by atoms with Crippen LogP contribution in [0.5, 0.6) is 0 Å². The van der Waals surface area contributed by atoms with Crippen LogP contribution >= 0.6 is 0 Å². The van der Waals surface area contributed by atoms with Gasteiger partial charge in [-0.2, -0.15) is 0 Å². The van der Waals surface area contributed by atoms with Gasteiger partial charge in [0.15, 0.2) is 5.79 Å². The van der Waals surface area contributed by atoms with E-state index < -0.39 is 11.2 Å². The summed E-state index contributed by atoms with van der Waals surface area (Å²) in [6, 6.07) is 6.69. The van der Waals surface area contributed by atoms with Gasteiger partial charge in [0.25, 0.3) is 0 Å². The summed E-state index contributed by atoms with van der Waals surface area (Å²) < 4.78 is 5.86. The van der Waals surface area contributed by atoms with Crippen LogP contribution in [0.4, 0.5) is 0 Å². The van der Waals surface area contributed by atoms with Crippen molar-refractivity contribution in [2.45, 2.75) is 59.7 Å². The summed E-state index contributed by atoms with van der Waals surface area (Å²) >= 11 is 0. The molecule has 0 aromatic heterocycles. The average molecular weight is 433 g/mol. The van der Waals surface area contributed by atoms with E-state index in [1.54, 1.807) is 7.11 Å². The third kappa shape index (κ3) is 2.87. The van der Waals surface area contributed by atoms with E-state index in [0.29, 0.717) is 5.57 Å². The first kappa shape index (κ1) is 22.8. The van der Waals surface area contributed by atoms with Crippen molar-refractivity contribution in [1.29, 1.82) is 0 Å². The lowest BCUT2D eigenvalue weighted by Gasteiger charge is -2.28. The Morgan fingerprint density at radius 2 is 1.66 bits per heavy atom. The molecule has 3 nitrogen and oxygen atoms in total. The molecular weight excluding hydrogens is 396 g/mol. The highest BCUT2D eigenvalue weighted by atomic mass is 16.6. The van der Waals surface area contributed by atoms with E-state index in [2.05, 4.69) is 79.3 Å². The molecule has 170 valence electrons. The summed E-state index contributed by atoms with van der Waals surface area (Å²) in [4.78, 5) is 0. The molecule has 2 aromatic rings. The van der Waals surface area contributed by atoms with Crippen molar-refractivity contribution in [2.24, 2.45) is 17.8 Å². The van der Waals surface area contributed by atoms with E-state index in [1.807, 2.05) is 6.08 Å². The zero-order valence-electron chi connectivity index (χ0n) is 20.6. The van der Waals surface area contributed by atoms with Gasteiger partial charge in [-0.25, -0.2) is 0 Å². The van der Waals surface area contributed by atoms with E-state index in [0.717, 1.165) is 16.7 Å². The van der Waals surface area contributed by atoms with Crippen molar-refractivity contribution in [2.75, 3.05) is 7.11 Å². The summed E-state index contributed by atoms with van der Waals surface area (Å²) in [6.45, 7) is 18.8. The van der Waals surface area contributed by atoms with Crippen LogP contribution in [-0.2, 0) is 10.2 Å². The zero-order chi connectivity index (χ0) is 23.7. The molecule has 0 spiro atoms. The number of aliphatic hydroxyl groups is 2. The molecule has 1 fully saturated rings. The van der Waals surface area contributed by atoms with E-state index >= 15 is 0 Å². The third-order valence-electron chi connectivity index (χ3n) is 7.93. The maximum atomic E-state index is 11.9. The summed E-state index contributed by atoms with van der Waals surface area (Å²) in [6.07, 6.45) is 3.95. The predicted octanol–water partition coefficient (Wildman–Crippen LogP) is 6.51. The van der Waals surface area contributed by atoms with Gasteiger partial charge in [-0.1, -0.05) is 56.3 Å². The van der Waals surface area contributed by atoms with Crippen molar-refractivity contribution in [3.05, 3.63) is 81.7 Å². The fraction of sp³-hybridized carbons (Fsp3) is 0.448. The normalized spacial score (nSPS) is 30.0. The lowest BCUT2D eigenvalue weighted by Crippen LogP contribution is -2.25. The number of allylic oxidation sites excluding steroid dienone is 3. The zero-order valence-corrected chi connectivity index (χ0v) is 20.6. The van der Waals surface area contributed by atoms with Gasteiger partial charge >= 0.3 is 0 Å². The number of aliphatic hydroxyl groups excluding tert-OH is 1. The second kappa shape index (κ2) is 7.33. The minimum atomic E-state index is -1.34. The fourth-order valence-electron chi connectivity index (χ4n) is 6.63.